The van der Waals surface area contributed by atoms with Gasteiger partial charge >= 0.3 is 0 Å². The van der Waals surface area contributed by atoms with E-state index in [0.717, 1.165) is 27.9 Å². The van der Waals surface area contributed by atoms with E-state index < -0.39 is 15.8 Å². The Morgan fingerprint density at radius 1 is 1.07 bits per heavy atom. The minimum atomic E-state index is -3.67. The molecule has 2 heterocycles. The van der Waals surface area contributed by atoms with Crippen molar-refractivity contribution in [1.29, 1.82) is 0 Å². The van der Waals surface area contributed by atoms with E-state index in [0.29, 0.717) is 12.8 Å². The van der Waals surface area contributed by atoms with Gasteiger partial charge in [0.2, 0.25) is 15.9 Å². The second-order valence-corrected chi connectivity index (χ2v) is 9.68. The lowest BCUT2D eigenvalue weighted by Gasteiger charge is -2.30. The maximum atomic E-state index is 13.1. The van der Waals surface area contributed by atoms with Crippen LogP contribution in [-0.2, 0) is 14.8 Å². The lowest BCUT2D eigenvalue weighted by atomic mass is 9.97. The van der Waals surface area contributed by atoms with Gasteiger partial charge in [0.1, 0.15) is 5.82 Å². The largest absolute Gasteiger partial charge is 0.326 e. The van der Waals surface area contributed by atoms with Crippen LogP contribution in [0.1, 0.15) is 12.8 Å². The van der Waals surface area contributed by atoms with E-state index in [-0.39, 0.29) is 29.8 Å². The number of hydrogen-bond donors (Lipinski definition) is 1. The second-order valence-electron chi connectivity index (χ2n) is 6.79. The van der Waals surface area contributed by atoms with Crippen LogP contribution in [0.2, 0.25) is 0 Å². The van der Waals surface area contributed by atoms with Gasteiger partial charge in [-0.15, -0.1) is 11.3 Å². The molecule has 0 bridgehead atoms. The van der Waals surface area contributed by atoms with Gasteiger partial charge in [0.05, 0.1) is 4.90 Å². The van der Waals surface area contributed by atoms with Gasteiger partial charge in [-0.3, -0.25) is 4.79 Å². The van der Waals surface area contributed by atoms with Gasteiger partial charge in [0, 0.05) is 29.4 Å². The quantitative estimate of drug-likeness (QED) is 0.694. The number of piperidine rings is 1. The van der Waals surface area contributed by atoms with Gasteiger partial charge in [0.15, 0.2) is 0 Å². The number of carbonyl (C=O) groups excluding carboxylic acids is 1. The fourth-order valence-corrected chi connectivity index (χ4v) is 5.64. The highest BCUT2D eigenvalue weighted by molar-refractivity contribution is 7.89. The first-order valence-corrected chi connectivity index (χ1v) is 11.3. The Labute approximate surface area is 166 Å². The maximum absolute atomic E-state index is 13.1. The lowest BCUT2D eigenvalue weighted by Crippen LogP contribution is -2.41. The summed E-state index contributed by atoms with van der Waals surface area (Å²) in [5.41, 5.74) is 0.747. The number of anilines is 1. The summed E-state index contributed by atoms with van der Waals surface area (Å²) in [6.45, 7) is 0.530. The summed E-state index contributed by atoms with van der Waals surface area (Å²) < 4.78 is 40.9. The number of amides is 1. The molecule has 1 N–H and O–H groups in total. The third kappa shape index (κ3) is 3.80. The van der Waals surface area contributed by atoms with E-state index >= 15 is 0 Å². The Balaban J connectivity index is 1.39. The summed E-state index contributed by atoms with van der Waals surface area (Å²) in [5, 5.41) is 6.03. The number of halogens is 1. The molecule has 2 aromatic carbocycles. The van der Waals surface area contributed by atoms with E-state index in [9.17, 15) is 17.6 Å². The fraction of sp³-hybridized carbons (Fsp3) is 0.250. The topological polar surface area (TPSA) is 66.5 Å². The molecule has 0 spiro atoms. The fourth-order valence-electron chi connectivity index (χ4n) is 3.40. The van der Waals surface area contributed by atoms with Crippen molar-refractivity contribution in [3.05, 3.63) is 59.7 Å². The van der Waals surface area contributed by atoms with Gasteiger partial charge < -0.3 is 5.32 Å². The summed E-state index contributed by atoms with van der Waals surface area (Å²) in [4.78, 5) is 12.7. The minimum Gasteiger partial charge on any atom is -0.326 e. The molecule has 1 saturated heterocycles. The van der Waals surface area contributed by atoms with Crippen molar-refractivity contribution in [2.45, 2.75) is 17.7 Å². The third-order valence-electron chi connectivity index (χ3n) is 5.00. The molecule has 0 saturated carbocycles. The third-order valence-corrected chi connectivity index (χ3v) is 7.81. The van der Waals surface area contributed by atoms with E-state index in [2.05, 4.69) is 5.32 Å². The molecule has 0 aliphatic carbocycles. The monoisotopic (exact) mass is 418 g/mol. The summed E-state index contributed by atoms with van der Waals surface area (Å²) in [7, 11) is -3.67. The number of carbonyl (C=O) groups is 1. The Morgan fingerprint density at radius 3 is 2.50 bits per heavy atom. The van der Waals surface area contributed by atoms with Gasteiger partial charge in [-0.25, -0.2) is 12.8 Å². The SMILES string of the molecule is O=C(Nc1ccc2sccc2c1)C1CCN(S(=O)(=O)c2ccc(F)cc2)CC1. The maximum Gasteiger partial charge on any atom is 0.243 e. The van der Waals surface area contributed by atoms with E-state index in [4.69, 9.17) is 0 Å². The molecular formula is C20H19FN2O3S2. The molecule has 1 fully saturated rings. The van der Waals surface area contributed by atoms with Crippen molar-refractivity contribution in [3.8, 4) is 0 Å². The molecule has 0 unspecified atom stereocenters. The molecule has 4 rings (SSSR count). The molecule has 1 amide bonds. The standard InChI is InChI=1S/C20H19FN2O3S2/c21-16-1-4-18(5-2-16)28(25,26)23-10-7-14(8-11-23)20(24)22-17-3-6-19-15(13-17)9-12-27-19/h1-6,9,12-14H,7-8,10-11H2,(H,22,24). The number of benzene rings is 2. The Hall–Kier alpha value is -2.29. The summed E-state index contributed by atoms with van der Waals surface area (Å²) >= 11 is 1.65. The van der Waals surface area contributed by atoms with Crippen molar-refractivity contribution < 1.29 is 17.6 Å². The van der Waals surface area contributed by atoms with Crippen LogP contribution in [0.5, 0.6) is 0 Å². The zero-order chi connectivity index (χ0) is 19.7. The molecule has 3 aromatic rings. The molecule has 28 heavy (non-hydrogen) atoms. The number of nitrogens with zero attached hydrogens (tertiary/aromatic N) is 1. The van der Waals surface area contributed by atoms with Crippen LogP contribution in [0.4, 0.5) is 10.1 Å². The van der Waals surface area contributed by atoms with Crippen LogP contribution in [0.3, 0.4) is 0 Å². The van der Waals surface area contributed by atoms with Gasteiger partial charge in [0.25, 0.3) is 0 Å². The van der Waals surface area contributed by atoms with Gasteiger partial charge in [-0.1, -0.05) is 0 Å². The van der Waals surface area contributed by atoms with Crippen LogP contribution in [0.15, 0.2) is 58.8 Å². The van der Waals surface area contributed by atoms with E-state index in [1.165, 1.54) is 16.4 Å². The molecule has 146 valence electrons. The zero-order valence-corrected chi connectivity index (χ0v) is 16.6. The summed E-state index contributed by atoms with van der Waals surface area (Å²) in [5.74, 6) is -0.804. The first-order valence-electron chi connectivity index (χ1n) is 8.97. The van der Waals surface area contributed by atoms with Crippen molar-refractivity contribution in [2.24, 2.45) is 5.92 Å². The smallest absolute Gasteiger partial charge is 0.243 e. The number of rotatable bonds is 4. The first kappa shape index (κ1) is 19.0. The lowest BCUT2D eigenvalue weighted by molar-refractivity contribution is -0.120. The molecule has 0 radical (unpaired) electrons. The van der Waals surface area contributed by atoms with Crippen LogP contribution < -0.4 is 5.32 Å². The molecule has 1 aromatic heterocycles. The highest BCUT2D eigenvalue weighted by atomic mass is 32.2. The zero-order valence-electron chi connectivity index (χ0n) is 15.0. The van der Waals surface area contributed by atoms with Crippen molar-refractivity contribution >= 4 is 43.0 Å². The second kappa shape index (κ2) is 7.62. The average molecular weight is 419 g/mol. The van der Waals surface area contributed by atoms with E-state index in [1.807, 2.05) is 29.6 Å². The highest BCUT2D eigenvalue weighted by Gasteiger charge is 2.32. The number of thiophene rings is 1. The Morgan fingerprint density at radius 2 is 1.79 bits per heavy atom. The predicted octanol–water partition coefficient (Wildman–Crippen LogP) is 4.08. The minimum absolute atomic E-state index is 0.0702. The predicted molar refractivity (Wildman–Crippen MR) is 108 cm³/mol. The Kier molecular flexibility index (Phi) is 5.18. The summed E-state index contributed by atoms with van der Waals surface area (Å²) in [6.07, 6.45) is 0.903. The molecule has 1 aliphatic rings. The molecule has 8 heteroatoms. The molecule has 5 nitrogen and oxygen atoms in total. The molecule has 0 atom stereocenters. The molecule has 1 aliphatic heterocycles. The number of hydrogen-bond acceptors (Lipinski definition) is 4. The van der Waals surface area contributed by atoms with Crippen LogP contribution in [-0.4, -0.2) is 31.7 Å². The average Bonchev–Trinajstić information content (AvgIpc) is 3.16. The number of nitrogens with one attached hydrogen (secondary N) is 1. The normalized spacial score (nSPS) is 16.3. The van der Waals surface area contributed by atoms with Gasteiger partial charge in [-0.05, 0) is 72.1 Å². The highest BCUT2D eigenvalue weighted by Crippen LogP contribution is 2.27. The first-order chi connectivity index (χ1) is 13.4. The van der Waals surface area contributed by atoms with Gasteiger partial charge in [-0.2, -0.15) is 4.31 Å². The van der Waals surface area contributed by atoms with Crippen molar-refractivity contribution in [2.75, 3.05) is 18.4 Å². The van der Waals surface area contributed by atoms with Crippen molar-refractivity contribution in [1.82, 2.24) is 4.31 Å². The summed E-state index contributed by atoms with van der Waals surface area (Å²) in [6, 6.07) is 12.6. The Bertz CT molecular complexity index is 1100. The number of sulfonamides is 1. The van der Waals surface area contributed by atoms with Crippen LogP contribution in [0, 0.1) is 11.7 Å². The number of fused-ring (bicyclic) bond motifs is 1. The van der Waals surface area contributed by atoms with Crippen molar-refractivity contribution in [3.63, 3.8) is 0 Å². The molecular weight excluding hydrogens is 399 g/mol. The van der Waals surface area contributed by atoms with Crippen LogP contribution in [0.25, 0.3) is 10.1 Å². The van der Waals surface area contributed by atoms with E-state index in [1.54, 1.807) is 11.3 Å². The van der Waals surface area contributed by atoms with Crippen LogP contribution >= 0.6 is 11.3 Å².